The Balaban J connectivity index is 1.79. The van der Waals surface area contributed by atoms with E-state index in [0.717, 1.165) is 12.8 Å². The molecule has 0 saturated heterocycles. The minimum atomic E-state index is -1.38. The van der Waals surface area contributed by atoms with Gasteiger partial charge in [-0.2, -0.15) is 5.26 Å². The van der Waals surface area contributed by atoms with Crippen LogP contribution >= 0.6 is 0 Å². The summed E-state index contributed by atoms with van der Waals surface area (Å²) >= 11 is 0. The van der Waals surface area contributed by atoms with Gasteiger partial charge in [-0.25, -0.2) is 0 Å². The van der Waals surface area contributed by atoms with Crippen molar-refractivity contribution in [2.45, 2.75) is 84.5 Å². The van der Waals surface area contributed by atoms with Gasteiger partial charge in [-0.05, 0) is 97.8 Å². The number of nitrogens with zero attached hydrogens (tertiary/aromatic N) is 2. The lowest BCUT2D eigenvalue weighted by Gasteiger charge is -2.32. The number of carbonyl (C=O) groups is 5. The third kappa shape index (κ3) is 13.4. The summed E-state index contributed by atoms with van der Waals surface area (Å²) in [6, 6.07) is 12.3. The van der Waals surface area contributed by atoms with Crippen molar-refractivity contribution in [2.75, 3.05) is 53.0 Å². The van der Waals surface area contributed by atoms with Gasteiger partial charge in [0.2, 0.25) is 23.6 Å². The molecular formula is C46H63N9O8. The van der Waals surface area contributed by atoms with Crippen LogP contribution in [0.1, 0.15) is 80.0 Å². The Labute approximate surface area is 369 Å². The Morgan fingerprint density at radius 1 is 0.921 bits per heavy atom. The van der Waals surface area contributed by atoms with E-state index in [2.05, 4.69) is 42.0 Å². The van der Waals surface area contributed by atoms with Gasteiger partial charge in [0.05, 0.1) is 12.7 Å². The summed E-state index contributed by atoms with van der Waals surface area (Å²) in [5.74, 6) is -1.79. The molecule has 4 atom stereocenters. The number of benzene rings is 3. The summed E-state index contributed by atoms with van der Waals surface area (Å²) in [6.45, 7) is 10.6. The van der Waals surface area contributed by atoms with Crippen LogP contribution in [-0.4, -0.2) is 106 Å². The lowest BCUT2D eigenvalue weighted by Crippen LogP contribution is -2.56. The highest BCUT2D eigenvalue weighted by Gasteiger charge is 2.36. The molecule has 17 heteroatoms. The molecule has 0 aromatic heterocycles. The van der Waals surface area contributed by atoms with Crippen molar-refractivity contribution in [3.8, 4) is 34.4 Å². The molecule has 0 saturated carbocycles. The van der Waals surface area contributed by atoms with Gasteiger partial charge in [-0.3, -0.25) is 24.0 Å². The maximum atomic E-state index is 14.6. The van der Waals surface area contributed by atoms with Crippen molar-refractivity contribution in [2.24, 2.45) is 22.6 Å². The summed E-state index contributed by atoms with van der Waals surface area (Å²) in [5, 5.41) is 19.9. The molecule has 0 radical (unpaired) electrons. The van der Waals surface area contributed by atoms with Gasteiger partial charge in [0.1, 0.15) is 61.2 Å². The molecule has 0 aliphatic carbocycles. The van der Waals surface area contributed by atoms with Crippen molar-refractivity contribution in [3.05, 3.63) is 76.9 Å². The number of fused-ring (bicyclic) bond motifs is 5. The van der Waals surface area contributed by atoms with Gasteiger partial charge in [0.25, 0.3) is 5.91 Å². The molecule has 340 valence electrons. The number of rotatable bonds is 19. The maximum Gasteiger partial charge on any atom is 0.252 e. The molecule has 4 bridgehead atoms. The number of nitrogens with two attached hydrogens (primary N) is 3. The van der Waals surface area contributed by atoms with E-state index >= 15 is 0 Å². The van der Waals surface area contributed by atoms with E-state index in [1.54, 1.807) is 61.5 Å². The van der Waals surface area contributed by atoms with Gasteiger partial charge in [-0.1, -0.05) is 39.3 Å². The topological polar surface area (TPSA) is 266 Å². The number of likely N-dealkylation sites (N-methyl/N-ethyl adjacent to an activating group) is 1. The highest BCUT2D eigenvalue weighted by molar-refractivity contribution is 6.00. The fourth-order valence-electron chi connectivity index (χ4n) is 7.37. The summed E-state index contributed by atoms with van der Waals surface area (Å²) in [5.41, 5.74) is 20.5. The molecule has 0 spiro atoms. The Bertz CT molecular complexity index is 2140. The summed E-state index contributed by atoms with van der Waals surface area (Å²) in [7, 11) is 1.43. The van der Waals surface area contributed by atoms with Crippen LogP contribution in [-0.2, 0) is 25.6 Å². The number of ether oxygens (including phenoxy) is 3. The van der Waals surface area contributed by atoms with Crippen LogP contribution in [0.4, 0.5) is 0 Å². The molecule has 1 heterocycles. The Hall–Kier alpha value is -6.22. The van der Waals surface area contributed by atoms with E-state index in [4.69, 9.17) is 36.7 Å². The SMILES string of the molecule is CCCC(C)(C)COc1ccc(C(=O)N[C@@H](CCN)C(=O)N(C)[C@@H]2C(=O)N[C@@H](C)C(=O)N[C@H](C(=O)NCC#N)Cc3ccc(OCCN)c(c3)-c3cc2ccc3OCCN)c(C)c1. The van der Waals surface area contributed by atoms with Gasteiger partial charge in [0.15, 0.2) is 0 Å². The number of nitrogens with one attached hydrogen (secondary N) is 4. The summed E-state index contributed by atoms with van der Waals surface area (Å²) < 4.78 is 18.2. The van der Waals surface area contributed by atoms with Crippen LogP contribution in [0.2, 0.25) is 0 Å². The van der Waals surface area contributed by atoms with Crippen molar-refractivity contribution >= 4 is 29.5 Å². The second-order valence-corrected chi connectivity index (χ2v) is 16.4. The standard InChI is InChI=1S/C46H63N9O8/c1-7-15-46(4,5)27-63-32-10-11-33(28(2)23-32)42(57)53-36(14-16-47)45(60)55(6)40-31-9-13-39(62-22-19-50)35(26-31)34-24-30(8-12-38(34)61-21-18-49)25-37(43(58)51-20-17-48)54-41(56)29(3)52-44(40)59/h8-13,23-24,26,29,36-37,40H,7,14-16,18-22,25,27,47,49-50H2,1-6H3,(H,51,58)(H,52,59)(H,53,57)(H,54,56)/t29-,36-,37-,40-/m0/s1. The van der Waals surface area contributed by atoms with Gasteiger partial charge in [-0.15, -0.1) is 0 Å². The average molecular weight is 870 g/mol. The molecule has 5 amide bonds. The van der Waals surface area contributed by atoms with Crippen molar-refractivity contribution in [1.82, 2.24) is 26.2 Å². The lowest BCUT2D eigenvalue weighted by atomic mass is 9.89. The number of hydrogen-bond donors (Lipinski definition) is 7. The Morgan fingerprint density at radius 2 is 1.59 bits per heavy atom. The van der Waals surface area contributed by atoms with E-state index < -0.39 is 53.7 Å². The van der Waals surface area contributed by atoms with Crippen molar-refractivity contribution in [1.29, 1.82) is 5.26 Å². The molecule has 17 nitrogen and oxygen atoms in total. The van der Waals surface area contributed by atoms with Crippen molar-refractivity contribution in [3.63, 3.8) is 0 Å². The highest BCUT2D eigenvalue weighted by atomic mass is 16.5. The molecule has 0 fully saturated rings. The zero-order chi connectivity index (χ0) is 46.3. The third-order valence-electron chi connectivity index (χ3n) is 10.6. The molecule has 1 aliphatic heterocycles. The largest absolute Gasteiger partial charge is 0.493 e. The molecular weight excluding hydrogens is 807 g/mol. The fourth-order valence-corrected chi connectivity index (χ4v) is 7.37. The average Bonchev–Trinajstić information content (AvgIpc) is 3.25. The van der Waals surface area contributed by atoms with Crippen LogP contribution in [0.5, 0.6) is 17.2 Å². The van der Waals surface area contributed by atoms with E-state index in [-0.39, 0.29) is 57.6 Å². The number of hydrogen-bond acceptors (Lipinski definition) is 12. The van der Waals surface area contributed by atoms with Crippen LogP contribution in [0, 0.1) is 23.7 Å². The number of carbonyl (C=O) groups excluding carboxylic acids is 5. The van der Waals surface area contributed by atoms with Crippen LogP contribution in [0.25, 0.3) is 11.1 Å². The molecule has 3 aromatic rings. The van der Waals surface area contributed by atoms with Gasteiger partial charge in [0, 0.05) is 43.2 Å². The minimum absolute atomic E-state index is 0.00940. The second kappa shape index (κ2) is 23.3. The molecule has 1 aliphatic rings. The van der Waals surface area contributed by atoms with Gasteiger partial charge >= 0.3 is 0 Å². The quantitative estimate of drug-likeness (QED) is 0.0857. The predicted octanol–water partition coefficient (Wildman–Crippen LogP) is 2.37. The first-order valence-corrected chi connectivity index (χ1v) is 21.3. The third-order valence-corrected chi connectivity index (χ3v) is 10.6. The van der Waals surface area contributed by atoms with Crippen LogP contribution < -0.4 is 52.7 Å². The zero-order valence-corrected chi connectivity index (χ0v) is 37.2. The zero-order valence-electron chi connectivity index (χ0n) is 37.2. The van der Waals surface area contributed by atoms with Gasteiger partial charge < -0.3 is 57.6 Å². The molecule has 0 unspecified atom stereocenters. The van der Waals surface area contributed by atoms with E-state index in [9.17, 15) is 24.0 Å². The van der Waals surface area contributed by atoms with E-state index in [1.165, 1.54) is 18.9 Å². The highest BCUT2D eigenvalue weighted by Crippen LogP contribution is 2.40. The number of amides is 5. The first-order chi connectivity index (χ1) is 30.1. The summed E-state index contributed by atoms with van der Waals surface area (Å²) in [6.07, 6.45) is 2.07. The maximum absolute atomic E-state index is 14.6. The summed E-state index contributed by atoms with van der Waals surface area (Å²) in [4.78, 5) is 71.2. The number of aryl methyl sites for hydroxylation is 1. The normalized spacial score (nSPS) is 16.9. The first kappa shape index (κ1) is 49.4. The number of nitriles is 1. The molecule has 4 rings (SSSR count). The van der Waals surface area contributed by atoms with Crippen LogP contribution in [0.3, 0.4) is 0 Å². The first-order valence-electron chi connectivity index (χ1n) is 21.3. The lowest BCUT2D eigenvalue weighted by molar-refractivity contribution is -0.141. The fraction of sp³-hybridized carbons (Fsp3) is 0.478. The smallest absolute Gasteiger partial charge is 0.252 e. The van der Waals surface area contributed by atoms with Crippen LogP contribution in [0.15, 0.2) is 54.6 Å². The Morgan fingerprint density at radius 3 is 2.21 bits per heavy atom. The second-order valence-electron chi connectivity index (χ2n) is 16.4. The molecule has 3 aromatic carbocycles. The Kier molecular flexibility index (Phi) is 18.3. The van der Waals surface area contributed by atoms with E-state index in [0.29, 0.717) is 57.2 Å². The predicted molar refractivity (Wildman–Crippen MR) is 239 cm³/mol. The molecule has 63 heavy (non-hydrogen) atoms. The minimum Gasteiger partial charge on any atom is -0.493 e. The monoisotopic (exact) mass is 869 g/mol. The molecule has 10 N–H and O–H groups in total. The van der Waals surface area contributed by atoms with Crippen molar-refractivity contribution < 1.29 is 38.2 Å². The van der Waals surface area contributed by atoms with E-state index in [1.807, 2.05) is 6.07 Å².